The highest BCUT2D eigenvalue weighted by molar-refractivity contribution is 6.02. The van der Waals surface area contributed by atoms with E-state index < -0.39 is 0 Å². The summed E-state index contributed by atoms with van der Waals surface area (Å²) in [6.07, 6.45) is 11.3. The average Bonchev–Trinajstić information content (AvgIpc) is 3.58. The number of terminal acetylenes is 1. The Bertz CT molecular complexity index is 1500. The molecule has 0 radical (unpaired) electrons. The van der Waals surface area contributed by atoms with Crippen molar-refractivity contribution in [2.45, 2.75) is 31.3 Å². The van der Waals surface area contributed by atoms with Crippen molar-refractivity contribution in [1.82, 2.24) is 20.3 Å². The topological polar surface area (TPSA) is 137 Å². The molecule has 0 spiro atoms. The smallest absolute Gasteiger partial charge is 0.247 e. The monoisotopic (exact) mass is 627 g/mol. The summed E-state index contributed by atoms with van der Waals surface area (Å²) in [4.78, 5) is 30.4. The maximum atomic E-state index is 12.5. The van der Waals surface area contributed by atoms with Crippen LogP contribution in [0.5, 0.6) is 5.75 Å². The normalized spacial score (nSPS) is 20.3. The van der Waals surface area contributed by atoms with Crippen LogP contribution >= 0.6 is 0 Å². The predicted molar refractivity (Wildman–Crippen MR) is 182 cm³/mol. The number of rotatable bonds is 10. The molecule has 244 valence electrons. The van der Waals surface area contributed by atoms with Gasteiger partial charge in [-0.05, 0) is 49.7 Å². The van der Waals surface area contributed by atoms with Gasteiger partial charge in [0.05, 0.1) is 31.1 Å². The lowest BCUT2D eigenvalue weighted by atomic mass is 10.0. The van der Waals surface area contributed by atoms with E-state index in [2.05, 4.69) is 50.0 Å². The van der Waals surface area contributed by atoms with Crippen LogP contribution in [0, 0.1) is 12.3 Å². The summed E-state index contributed by atoms with van der Waals surface area (Å²) >= 11 is 0. The number of piperazine rings is 1. The molecule has 46 heavy (non-hydrogen) atoms. The van der Waals surface area contributed by atoms with Gasteiger partial charge in [0.1, 0.15) is 23.1 Å². The number of hydrogen-bond donors (Lipinski definition) is 4. The first kappa shape index (κ1) is 32.8. The van der Waals surface area contributed by atoms with Crippen LogP contribution in [0.2, 0.25) is 0 Å². The molecule has 1 amide bonds. The van der Waals surface area contributed by atoms with E-state index in [1.807, 2.05) is 30.3 Å². The van der Waals surface area contributed by atoms with E-state index in [1.54, 1.807) is 24.3 Å². The van der Waals surface area contributed by atoms with Gasteiger partial charge < -0.3 is 31.0 Å². The summed E-state index contributed by atoms with van der Waals surface area (Å²) in [5.74, 6) is 9.39. The van der Waals surface area contributed by atoms with E-state index in [1.165, 1.54) is 6.08 Å². The fourth-order valence-corrected chi connectivity index (χ4v) is 6.34. The van der Waals surface area contributed by atoms with Crippen LogP contribution in [0.4, 0.5) is 17.1 Å². The van der Waals surface area contributed by atoms with Crippen LogP contribution < -0.4 is 32.0 Å². The Morgan fingerprint density at radius 3 is 2.59 bits per heavy atom. The molecule has 12 nitrogen and oxygen atoms in total. The molecule has 6 N–H and O–H groups in total. The number of hydrogen-bond acceptors (Lipinski definition) is 10. The quantitative estimate of drug-likeness (QED) is 0.0777. The van der Waals surface area contributed by atoms with Gasteiger partial charge in [-0.1, -0.05) is 24.6 Å². The van der Waals surface area contributed by atoms with Gasteiger partial charge in [-0.15, -0.1) is 6.42 Å². The van der Waals surface area contributed by atoms with Crippen molar-refractivity contribution in [2.24, 2.45) is 16.6 Å². The number of carbonyl (C=O) groups excluding carboxylic acids is 1. The SMILES string of the molecule is C#Cc1cccc([C@H]2CCON2/C(=C/C(N)=Nc2cc(NC(=O)C=C)c(N3CCC(N4CCN(C)CC4)CC3)cc2OC)NN)c1. The van der Waals surface area contributed by atoms with Crippen LogP contribution in [-0.4, -0.2) is 92.7 Å². The molecule has 5 rings (SSSR count). The number of ether oxygens (including phenoxy) is 1. The van der Waals surface area contributed by atoms with E-state index in [0.717, 1.165) is 75.3 Å². The maximum absolute atomic E-state index is 12.5. The third-order valence-electron chi connectivity index (χ3n) is 8.86. The van der Waals surface area contributed by atoms with E-state index in [4.69, 9.17) is 27.6 Å². The average molecular weight is 628 g/mol. The van der Waals surface area contributed by atoms with Gasteiger partial charge >= 0.3 is 0 Å². The Kier molecular flexibility index (Phi) is 10.8. The first-order valence-corrected chi connectivity index (χ1v) is 15.7. The molecule has 0 saturated carbocycles. The van der Waals surface area contributed by atoms with Crippen molar-refractivity contribution in [2.75, 3.05) is 70.2 Å². The molecule has 3 fully saturated rings. The third kappa shape index (κ3) is 7.63. The molecule has 0 unspecified atom stereocenters. The lowest BCUT2D eigenvalue weighted by Crippen LogP contribution is -2.52. The van der Waals surface area contributed by atoms with Crippen molar-refractivity contribution >= 4 is 28.8 Å². The fourth-order valence-electron chi connectivity index (χ4n) is 6.34. The zero-order chi connectivity index (χ0) is 32.6. The van der Waals surface area contributed by atoms with Crippen molar-refractivity contribution in [3.05, 3.63) is 72.1 Å². The number of nitrogens with zero attached hydrogens (tertiary/aromatic N) is 5. The Labute approximate surface area is 271 Å². The molecule has 0 bridgehead atoms. The molecule has 1 atom stereocenters. The Morgan fingerprint density at radius 1 is 1.15 bits per heavy atom. The van der Waals surface area contributed by atoms with Gasteiger partial charge in [0.2, 0.25) is 5.91 Å². The van der Waals surface area contributed by atoms with Crippen LogP contribution in [0.25, 0.3) is 0 Å². The second-order valence-corrected chi connectivity index (χ2v) is 11.7. The highest BCUT2D eigenvalue weighted by Crippen LogP contribution is 2.40. The summed E-state index contributed by atoms with van der Waals surface area (Å²) in [5, 5.41) is 4.64. The Balaban J connectivity index is 1.39. The van der Waals surface area contributed by atoms with Gasteiger partial charge in [-0.2, -0.15) is 0 Å². The van der Waals surface area contributed by atoms with E-state index in [9.17, 15) is 4.79 Å². The molecular weight excluding hydrogens is 582 g/mol. The van der Waals surface area contributed by atoms with Crippen molar-refractivity contribution in [3.8, 4) is 18.1 Å². The number of nitrogens with one attached hydrogen (secondary N) is 2. The van der Waals surface area contributed by atoms with Crippen LogP contribution in [0.3, 0.4) is 0 Å². The summed E-state index contributed by atoms with van der Waals surface area (Å²) in [6.45, 7) is 10.2. The van der Waals surface area contributed by atoms with Crippen LogP contribution in [0.1, 0.15) is 36.4 Å². The first-order valence-electron chi connectivity index (χ1n) is 15.7. The molecule has 3 heterocycles. The minimum absolute atomic E-state index is 0.127. The highest BCUT2D eigenvalue weighted by atomic mass is 16.7. The molecule has 0 aliphatic carbocycles. The van der Waals surface area contributed by atoms with E-state index in [0.29, 0.717) is 35.6 Å². The van der Waals surface area contributed by atoms with Gasteiger partial charge in [0.25, 0.3) is 0 Å². The number of anilines is 2. The number of nitrogens with two attached hydrogens (primary N) is 2. The van der Waals surface area contributed by atoms with Crippen LogP contribution in [0.15, 0.2) is 65.9 Å². The van der Waals surface area contributed by atoms with E-state index >= 15 is 0 Å². The highest BCUT2D eigenvalue weighted by Gasteiger charge is 2.30. The minimum atomic E-state index is -0.317. The Morgan fingerprint density at radius 2 is 1.91 bits per heavy atom. The molecule has 12 heteroatoms. The Hall–Kier alpha value is -4.54. The number of likely N-dealkylation sites (N-methyl/N-ethyl adjacent to an activating group) is 1. The summed E-state index contributed by atoms with van der Waals surface area (Å²) in [7, 11) is 3.77. The zero-order valence-electron chi connectivity index (χ0n) is 26.7. The number of benzene rings is 2. The lowest BCUT2D eigenvalue weighted by Gasteiger charge is -2.43. The number of aliphatic imine (C=N–C) groups is 1. The first-order chi connectivity index (χ1) is 22.3. The number of amides is 1. The van der Waals surface area contributed by atoms with Crippen molar-refractivity contribution in [1.29, 1.82) is 0 Å². The number of hydrazine groups is 1. The molecule has 0 aromatic heterocycles. The number of piperidine rings is 1. The van der Waals surface area contributed by atoms with Crippen molar-refractivity contribution < 1.29 is 14.4 Å². The summed E-state index contributed by atoms with van der Waals surface area (Å²) < 4.78 is 5.77. The molecule has 3 aliphatic heterocycles. The lowest BCUT2D eigenvalue weighted by molar-refractivity contribution is -0.111. The maximum Gasteiger partial charge on any atom is 0.247 e. The number of carbonyl (C=O) groups is 1. The molecule has 2 aromatic carbocycles. The summed E-state index contributed by atoms with van der Waals surface area (Å²) in [5.41, 5.74) is 12.8. The second kappa shape index (κ2) is 15.2. The van der Waals surface area contributed by atoms with Gasteiger partial charge in [0, 0.05) is 69.4 Å². The van der Waals surface area contributed by atoms with E-state index in [-0.39, 0.29) is 17.8 Å². The largest absolute Gasteiger partial charge is 0.494 e. The zero-order valence-corrected chi connectivity index (χ0v) is 26.7. The minimum Gasteiger partial charge on any atom is -0.494 e. The van der Waals surface area contributed by atoms with Gasteiger partial charge in [-0.25, -0.2) is 15.9 Å². The standard InChI is InChI=1S/C34H45N9O3/c1-5-24-8-7-9-25(20-24)29-12-19-46-43(29)33(39-36)23-32(35)37-28-21-27(38-34(44)6-2)30(22-31(28)45-4)42-13-10-26(11-14-42)41-17-15-40(3)16-18-41/h1,6-9,20-23,26,29,39H,2,10-19,36H2,3-4H3,(H2,35,37)(H,38,44)/b33-23+/t29-/m1/s1. The molecular formula is C34H45N9O3. The van der Waals surface area contributed by atoms with Crippen molar-refractivity contribution in [3.63, 3.8) is 0 Å². The summed E-state index contributed by atoms with van der Waals surface area (Å²) in [6, 6.07) is 11.9. The van der Waals surface area contributed by atoms with Gasteiger partial charge in [-0.3, -0.25) is 14.5 Å². The number of hydroxylamine groups is 2. The molecule has 3 aliphatic rings. The third-order valence-corrected chi connectivity index (χ3v) is 8.86. The van der Waals surface area contributed by atoms with Gasteiger partial charge in [0.15, 0.2) is 0 Å². The van der Waals surface area contributed by atoms with Crippen LogP contribution in [-0.2, 0) is 9.63 Å². The number of amidine groups is 1. The predicted octanol–water partition coefficient (Wildman–Crippen LogP) is 2.69. The fraction of sp³-hybridized carbons (Fsp3) is 0.412. The second-order valence-electron chi connectivity index (χ2n) is 11.7. The molecule has 2 aromatic rings. The number of methoxy groups -OCH3 is 1. The molecule has 3 saturated heterocycles.